The summed E-state index contributed by atoms with van der Waals surface area (Å²) in [7, 11) is 1.59. The Kier molecular flexibility index (Phi) is 5.52. The minimum absolute atomic E-state index is 0.146. The molecular weight excluding hydrogens is 387 g/mol. The van der Waals surface area contributed by atoms with Crippen molar-refractivity contribution in [2.75, 3.05) is 13.7 Å². The minimum atomic E-state index is -0.390. The Morgan fingerprint density at radius 3 is 2.47 bits per heavy atom. The van der Waals surface area contributed by atoms with E-state index in [1.807, 2.05) is 24.3 Å². The van der Waals surface area contributed by atoms with Crippen molar-refractivity contribution in [3.8, 4) is 34.3 Å². The fourth-order valence-corrected chi connectivity index (χ4v) is 2.78. The number of ether oxygens (including phenoxy) is 2. The van der Waals surface area contributed by atoms with Crippen molar-refractivity contribution >= 4 is 5.78 Å². The smallest absolute Gasteiger partial charge is 0.258 e. The van der Waals surface area contributed by atoms with Gasteiger partial charge in [-0.2, -0.15) is 4.98 Å². The van der Waals surface area contributed by atoms with Gasteiger partial charge in [-0.25, -0.2) is 4.39 Å². The summed E-state index contributed by atoms with van der Waals surface area (Å²) in [5, 5.41) is 4.02. The number of methoxy groups -OCH3 is 1. The molecular formula is C23H17FN2O4. The fourth-order valence-electron chi connectivity index (χ4n) is 2.78. The lowest BCUT2D eigenvalue weighted by atomic mass is 10.1. The first-order chi connectivity index (χ1) is 14.6. The molecule has 0 bridgehead atoms. The third-order valence-electron chi connectivity index (χ3n) is 4.39. The number of rotatable bonds is 7. The molecule has 7 heteroatoms. The molecule has 4 rings (SSSR count). The molecule has 3 aromatic carbocycles. The summed E-state index contributed by atoms with van der Waals surface area (Å²) in [5.74, 6) is 1.41. The minimum Gasteiger partial charge on any atom is -0.497 e. The Morgan fingerprint density at radius 1 is 0.967 bits per heavy atom. The van der Waals surface area contributed by atoms with Crippen LogP contribution in [-0.2, 0) is 0 Å². The summed E-state index contributed by atoms with van der Waals surface area (Å²) in [6.07, 6.45) is 0. The third-order valence-corrected chi connectivity index (χ3v) is 4.39. The molecule has 0 N–H and O–H groups in total. The van der Waals surface area contributed by atoms with E-state index in [-0.39, 0.29) is 18.2 Å². The largest absolute Gasteiger partial charge is 0.497 e. The average molecular weight is 404 g/mol. The molecule has 0 saturated carbocycles. The number of hydrogen-bond donors (Lipinski definition) is 0. The number of Topliss-reactive ketones (excluding diaryl/α,β-unsaturated/α-hetero) is 1. The zero-order chi connectivity index (χ0) is 20.9. The molecule has 0 unspecified atom stereocenters. The van der Waals surface area contributed by atoms with Crippen LogP contribution in [0, 0.1) is 5.82 Å². The van der Waals surface area contributed by atoms with Crippen LogP contribution in [-0.4, -0.2) is 29.6 Å². The number of aromatic nitrogens is 2. The van der Waals surface area contributed by atoms with Crippen molar-refractivity contribution in [3.05, 3.63) is 84.2 Å². The van der Waals surface area contributed by atoms with E-state index in [1.165, 1.54) is 24.3 Å². The van der Waals surface area contributed by atoms with Gasteiger partial charge in [0.1, 0.15) is 17.3 Å². The van der Waals surface area contributed by atoms with Gasteiger partial charge in [0.25, 0.3) is 5.89 Å². The highest BCUT2D eigenvalue weighted by atomic mass is 19.1. The van der Waals surface area contributed by atoms with E-state index in [4.69, 9.17) is 14.0 Å². The molecule has 0 aliphatic carbocycles. The van der Waals surface area contributed by atoms with Gasteiger partial charge in [0.2, 0.25) is 5.82 Å². The Morgan fingerprint density at radius 2 is 1.73 bits per heavy atom. The zero-order valence-corrected chi connectivity index (χ0v) is 16.0. The molecule has 150 valence electrons. The Balaban J connectivity index is 1.42. The predicted octanol–water partition coefficient (Wildman–Crippen LogP) is 4.81. The van der Waals surface area contributed by atoms with E-state index in [0.717, 1.165) is 11.1 Å². The van der Waals surface area contributed by atoms with Gasteiger partial charge in [0.15, 0.2) is 12.4 Å². The van der Waals surface area contributed by atoms with E-state index < -0.39 is 0 Å². The second kappa shape index (κ2) is 8.57. The summed E-state index contributed by atoms with van der Waals surface area (Å²) < 4.78 is 29.0. The van der Waals surface area contributed by atoms with Crippen LogP contribution < -0.4 is 9.47 Å². The molecule has 6 nitrogen and oxygen atoms in total. The number of halogens is 1. The van der Waals surface area contributed by atoms with E-state index >= 15 is 0 Å². The van der Waals surface area contributed by atoms with Gasteiger partial charge in [-0.05, 0) is 66.7 Å². The Labute approximate surface area is 171 Å². The standard InChI is InChI=1S/C23H17FN2O4/c1-28-20-4-2-3-17(13-20)23-25-22(26-30-23)16-7-11-19(12-8-16)29-14-21(27)15-5-9-18(24)10-6-15/h2-13H,14H2,1H3. The van der Waals surface area contributed by atoms with Crippen molar-refractivity contribution < 1.29 is 23.2 Å². The van der Waals surface area contributed by atoms with Crippen molar-refractivity contribution in [2.24, 2.45) is 0 Å². The molecule has 0 aliphatic heterocycles. The van der Waals surface area contributed by atoms with Crippen LogP contribution in [0.4, 0.5) is 4.39 Å². The normalized spacial score (nSPS) is 10.6. The number of nitrogens with zero attached hydrogens (tertiary/aromatic N) is 2. The average Bonchev–Trinajstić information content (AvgIpc) is 3.29. The highest BCUT2D eigenvalue weighted by molar-refractivity contribution is 5.97. The molecule has 1 aromatic heterocycles. The van der Waals surface area contributed by atoms with Crippen LogP contribution in [0.25, 0.3) is 22.8 Å². The van der Waals surface area contributed by atoms with Crippen LogP contribution in [0.3, 0.4) is 0 Å². The van der Waals surface area contributed by atoms with Gasteiger partial charge >= 0.3 is 0 Å². The third kappa shape index (κ3) is 4.35. The fraction of sp³-hybridized carbons (Fsp3) is 0.0870. The second-order valence-electron chi connectivity index (χ2n) is 6.40. The highest BCUT2D eigenvalue weighted by Crippen LogP contribution is 2.26. The van der Waals surface area contributed by atoms with Crippen LogP contribution in [0.15, 0.2) is 77.3 Å². The highest BCUT2D eigenvalue weighted by Gasteiger charge is 2.12. The van der Waals surface area contributed by atoms with Crippen LogP contribution >= 0.6 is 0 Å². The number of carbonyl (C=O) groups excluding carboxylic acids is 1. The summed E-state index contributed by atoms with van der Waals surface area (Å²) in [6, 6.07) is 19.7. The molecule has 0 saturated heterocycles. The summed E-state index contributed by atoms with van der Waals surface area (Å²) in [6.45, 7) is -0.146. The maximum Gasteiger partial charge on any atom is 0.258 e. The number of ketones is 1. The van der Waals surface area contributed by atoms with Gasteiger partial charge < -0.3 is 14.0 Å². The molecule has 0 atom stereocenters. The molecule has 30 heavy (non-hydrogen) atoms. The molecule has 0 radical (unpaired) electrons. The van der Waals surface area contributed by atoms with Crippen molar-refractivity contribution in [2.45, 2.75) is 0 Å². The van der Waals surface area contributed by atoms with Crippen molar-refractivity contribution in [1.29, 1.82) is 0 Å². The second-order valence-corrected chi connectivity index (χ2v) is 6.40. The van der Waals surface area contributed by atoms with Crippen LogP contribution in [0.2, 0.25) is 0 Å². The Bertz CT molecular complexity index is 1150. The lowest BCUT2D eigenvalue weighted by Crippen LogP contribution is -2.11. The maximum atomic E-state index is 12.9. The summed E-state index contributed by atoms with van der Waals surface area (Å²) in [5.41, 5.74) is 1.89. The van der Waals surface area contributed by atoms with Crippen molar-refractivity contribution in [3.63, 3.8) is 0 Å². The maximum absolute atomic E-state index is 12.9. The molecule has 0 aliphatic rings. The first kappa shape index (κ1) is 19.3. The van der Waals surface area contributed by atoms with Gasteiger partial charge in [0, 0.05) is 16.7 Å². The zero-order valence-electron chi connectivity index (χ0n) is 16.0. The van der Waals surface area contributed by atoms with Gasteiger partial charge in [0.05, 0.1) is 7.11 Å². The molecule has 0 spiro atoms. The van der Waals surface area contributed by atoms with Crippen molar-refractivity contribution in [1.82, 2.24) is 10.1 Å². The SMILES string of the molecule is COc1cccc(-c2nc(-c3ccc(OCC(=O)c4ccc(F)cc4)cc3)no2)c1. The van der Waals surface area contributed by atoms with E-state index in [0.29, 0.717) is 28.8 Å². The van der Waals surface area contributed by atoms with Gasteiger partial charge in [-0.1, -0.05) is 11.2 Å². The van der Waals surface area contributed by atoms with Gasteiger partial charge in [-0.3, -0.25) is 4.79 Å². The number of benzene rings is 3. The molecule has 4 aromatic rings. The molecule has 0 amide bonds. The lowest BCUT2D eigenvalue weighted by Gasteiger charge is -2.06. The predicted molar refractivity (Wildman–Crippen MR) is 108 cm³/mol. The number of hydrogen-bond acceptors (Lipinski definition) is 6. The topological polar surface area (TPSA) is 74.5 Å². The number of carbonyl (C=O) groups is 1. The van der Waals surface area contributed by atoms with Gasteiger partial charge in [-0.15, -0.1) is 0 Å². The van der Waals surface area contributed by atoms with E-state index in [9.17, 15) is 9.18 Å². The monoisotopic (exact) mass is 404 g/mol. The first-order valence-corrected chi connectivity index (χ1v) is 9.12. The quantitative estimate of drug-likeness (QED) is 0.412. The van der Waals surface area contributed by atoms with Crippen LogP contribution in [0.1, 0.15) is 10.4 Å². The molecule has 0 fully saturated rings. The summed E-state index contributed by atoms with van der Waals surface area (Å²) >= 11 is 0. The summed E-state index contributed by atoms with van der Waals surface area (Å²) in [4.78, 5) is 16.5. The first-order valence-electron chi connectivity index (χ1n) is 9.12. The van der Waals surface area contributed by atoms with E-state index in [2.05, 4.69) is 10.1 Å². The lowest BCUT2D eigenvalue weighted by molar-refractivity contribution is 0.0921. The Hall–Kier alpha value is -4.00. The molecule has 1 heterocycles. The van der Waals surface area contributed by atoms with Crippen LogP contribution in [0.5, 0.6) is 11.5 Å². The van der Waals surface area contributed by atoms with E-state index in [1.54, 1.807) is 31.4 Å².